The standard InChI is InChI=1S/C15H14ClN3S/c1-11(12-7-9-13(16)10-8-12)18-19-15(20)17-14-5-3-2-4-6-14/h2-10H,1H3,(H2,17,19,20). The second-order valence-electron chi connectivity index (χ2n) is 4.14. The molecule has 0 amide bonds. The van der Waals surface area contributed by atoms with Crippen molar-refractivity contribution in [2.75, 3.05) is 5.32 Å². The molecule has 2 aromatic rings. The lowest BCUT2D eigenvalue weighted by atomic mass is 10.1. The number of rotatable bonds is 3. The molecule has 0 unspecified atom stereocenters. The minimum Gasteiger partial charge on any atom is -0.331 e. The number of hydrogen-bond donors (Lipinski definition) is 2. The molecule has 0 spiro atoms. The van der Waals surface area contributed by atoms with E-state index in [0.717, 1.165) is 17.0 Å². The van der Waals surface area contributed by atoms with E-state index < -0.39 is 0 Å². The Morgan fingerprint density at radius 3 is 2.35 bits per heavy atom. The number of halogens is 1. The summed E-state index contributed by atoms with van der Waals surface area (Å²) in [6.45, 7) is 1.90. The van der Waals surface area contributed by atoms with Crippen molar-refractivity contribution < 1.29 is 0 Å². The number of hydrazone groups is 1. The van der Waals surface area contributed by atoms with Gasteiger partial charge in [0, 0.05) is 10.7 Å². The van der Waals surface area contributed by atoms with E-state index in [1.165, 1.54) is 0 Å². The van der Waals surface area contributed by atoms with Crippen molar-refractivity contribution in [2.45, 2.75) is 6.92 Å². The van der Waals surface area contributed by atoms with Crippen molar-refractivity contribution in [3.8, 4) is 0 Å². The van der Waals surface area contributed by atoms with Crippen LogP contribution in [0.25, 0.3) is 0 Å². The fourth-order valence-corrected chi connectivity index (χ4v) is 1.86. The van der Waals surface area contributed by atoms with E-state index in [-0.39, 0.29) is 0 Å². The first-order chi connectivity index (χ1) is 9.65. The first-order valence-corrected chi connectivity index (χ1v) is 6.86. The second kappa shape index (κ2) is 7.03. The van der Waals surface area contributed by atoms with Gasteiger partial charge in [-0.1, -0.05) is 41.9 Å². The third kappa shape index (κ3) is 4.33. The van der Waals surface area contributed by atoms with Crippen LogP contribution in [0.3, 0.4) is 0 Å². The Morgan fingerprint density at radius 1 is 1.05 bits per heavy atom. The van der Waals surface area contributed by atoms with Crippen molar-refractivity contribution in [3.05, 3.63) is 65.2 Å². The van der Waals surface area contributed by atoms with Crippen LogP contribution in [0, 0.1) is 0 Å². The highest BCUT2D eigenvalue weighted by atomic mass is 35.5. The van der Waals surface area contributed by atoms with Gasteiger partial charge < -0.3 is 5.32 Å². The molecule has 2 aromatic carbocycles. The summed E-state index contributed by atoms with van der Waals surface area (Å²) in [4.78, 5) is 0. The molecule has 20 heavy (non-hydrogen) atoms. The number of para-hydroxylation sites is 1. The number of anilines is 1. The van der Waals surface area contributed by atoms with Gasteiger partial charge in [0.1, 0.15) is 0 Å². The van der Waals surface area contributed by atoms with Crippen molar-refractivity contribution in [1.82, 2.24) is 5.43 Å². The lowest BCUT2D eigenvalue weighted by Gasteiger charge is -2.07. The summed E-state index contributed by atoms with van der Waals surface area (Å²) < 4.78 is 0. The number of thiocarbonyl (C=S) groups is 1. The molecule has 0 aliphatic carbocycles. The van der Waals surface area contributed by atoms with Crippen molar-refractivity contribution in [3.63, 3.8) is 0 Å². The molecule has 5 heteroatoms. The third-order valence-corrected chi connectivity index (χ3v) is 3.06. The highest BCUT2D eigenvalue weighted by Crippen LogP contribution is 2.10. The Morgan fingerprint density at radius 2 is 1.70 bits per heavy atom. The minimum absolute atomic E-state index is 0.449. The molecule has 0 saturated carbocycles. The molecule has 0 atom stereocenters. The lowest BCUT2D eigenvalue weighted by molar-refractivity contribution is 1.04. The van der Waals surface area contributed by atoms with E-state index in [4.69, 9.17) is 23.8 Å². The summed E-state index contributed by atoms with van der Waals surface area (Å²) in [7, 11) is 0. The quantitative estimate of drug-likeness (QED) is 0.510. The Hall–Kier alpha value is -1.91. The van der Waals surface area contributed by atoms with Gasteiger partial charge in [0.15, 0.2) is 5.11 Å². The summed E-state index contributed by atoms with van der Waals surface area (Å²) in [5.41, 5.74) is 5.56. The van der Waals surface area contributed by atoms with Gasteiger partial charge >= 0.3 is 0 Å². The summed E-state index contributed by atoms with van der Waals surface area (Å²) in [6.07, 6.45) is 0. The van der Waals surface area contributed by atoms with Crippen molar-refractivity contribution >= 4 is 40.3 Å². The molecule has 0 bridgehead atoms. The molecule has 0 saturated heterocycles. The SMILES string of the molecule is CC(=NNC(=S)Nc1ccccc1)c1ccc(Cl)cc1. The molecule has 0 radical (unpaired) electrons. The normalized spacial score (nSPS) is 11.0. The Kier molecular flexibility index (Phi) is 5.09. The number of nitrogens with one attached hydrogen (secondary N) is 2. The maximum absolute atomic E-state index is 5.85. The zero-order valence-electron chi connectivity index (χ0n) is 10.9. The maximum atomic E-state index is 5.85. The first kappa shape index (κ1) is 14.5. The summed E-state index contributed by atoms with van der Waals surface area (Å²) >= 11 is 11.0. The average Bonchev–Trinajstić information content (AvgIpc) is 2.46. The van der Waals surface area contributed by atoms with Gasteiger partial charge in [-0.3, -0.25) is 5.43 Å². The molecule has 0 aliphatic heterocycles. The van der Waals surface area contributed by atoms with Gasteiger partial charge in [-0.05, 0) is 49.0 Å². The smallest absolute Gasteiger partial charge is 0.191 e. The van der Waals surface area contributed by atoms with Crippen LogP contribution in [-0.4, -0.2) is 10.8 Å². The van der Waals surface area contributed by atoms with Crippen LogP contribution < -0.4 is 10.7 Å². The Bertz CT molecular complexity index is 609. The topological polar surface area (TPSA) is 36.4 Å². The molecule has 0 aromatic heterocycles. The molecule has 3 nitrogen and oxygen atoms in total. The van der Waals surface area contributed by atoms with Crippen LogP contribution in [0.2, 0.25) is 5.02 Å². The number of hydrogen-bond acceptors (Lipinski definition) is 2. The molecule has 0 aliphatic rings. The zero-order valence-corrected chi connectivity index (χ0v) is 12.5. The van der Waals surface area contributed by atoms with Crippen LogP contribution >= 0.6 is 23.8 Å². The summed E-state index contributed by atoms with van der Waals surface area (Å²) in [5, 5.41) is 8.44. The predicted octanol–water partition coefficient (Wildman–Crippen LogP) is 4.05. The summed E-state index contributed by atoms with van der Waals surface area (Å²) in [5.74, 6) is 0. The van der Waals surface area contributed by atoms with E-state index in [1.807, 2.05) is 61.5 Å². The Balaban J connectivity index is 1.95. The van der Waals surface area contributed by atoms with Crippen LogP contribution in [-0.2, 0) is 0 Å². The number of nitrogens with zero attached hydrogens (tertiary/aromatic N) is 1. The zero-order chi connectivity index (χ0) is 14.4. The van der Waals surface area contributed by atoms with Gasteiger partial charge in [0.05, 0.1) is 5.71 Å². The van der Waals surface area contributed by atoms with Crippen LogP contribution in [0.15, 0.2) is 59.7 Å². The largest absolute Gasteiger partial charge is 0.331 e. The molecule has 0 fully saturated rings. The molecular formula is C15H14ClN3S. The van der Waals surface area contributed by atoms with Gasteiger partial charge in [0.25, 0.3) is 0 Å². The highest BCUT2D eigenvalue weighted by molar-refractivity contribution is 7.80. The fourth-order valence-electron chi connectivity index (χ4n) is 1.57. The van der Waals surface area contributed by atoms with Crippen LogP contribution in [0.1, 0.15) is 12.5 Å². The molecule has 102 valence electrons. The monoisotopic (exact) mass is 303 g/mol. The lowest BCUT2D eigenvalue weighted by Crippen LogP contribution is -2.24. The van der Waals surface area contributed by atoms with Gasteiger partial charge in [0.2, 0.25) is 0 Å². The fraction of sp³-hybridized carbons (Fsp3) is 0.0667. The predicted molar refractivity (Wildman–Crippen MR) is 89.5 cm³/mol. The Labute approximate surface area is 128 Å². The molecule has 2 N–H and O–H groups in total. The second-order valence-corrected chi connectivity index (χ2v) is 4.98. The van der Waals surface area contributed by atoms with Gasteiger partial charge in [-0.2, -0.15) is 5.10 Å². The van der Waals surface area contributed by atoms with Crippen LogP contribution in [0.5, 0.6) is 0 Å². The average molecular weight is 304 g/mol. The molecule has 0 heterocycles. The third-order valence-electron chi connectivity index (χ3n) is 2.62. The van der Waals surface area contributed by atoms with E-state index in [2.05, 4.69) is 15.8 Å². The first-order valence-electron chi connectivity index (χ1n) is 6.07. The minimum atomic E-state index is 0.449. The molecular weight excluding hydrogens is 290 g/mol. The van der Waals surface area contributed by atoms with Gasteiger partial charge in [-0.15, -0.1) is 0 Å². The van der Waals surface area contributed by atoms with Crippen LogP contribution in [0.4, 0.5) is 5.69 Å². The van der Waals surface area contributed by atoms with Crippen molar-refractivity contribution in [2.24, 2.45) is 5.10 Å². The van der Waals surface area contributed by atoms with Gasteiger partial charge in [-0.25, -0.2) is 0 Å². The van der Waals surface area contributed by atoms with E-state index in [9.17, 15) is 0 Å². The highest BCUT2D eigenvalue weighted by Gasteiger charge is 1.99. The van der Waals surface area contributed by atoms with E-state index in [1.54, 1.807) is 0 Å². The van der Waals surface area contributed by atoms with Crippen molar-refractivity contribution in [1.29, 1.82) is 0 Å². The number of benzene rings is 2. The maximum Gasteiger partial charge on any atom is 0.191 e. The van der Waals surface area contributed by atoms with E-state index in [0.29, 0.717) is 10.1 Å². The molecule has 2 rings (SSSR count). The summed E-state index contributed by atoms with van der Waals surface area (Å²) in [6, 6.07) is 17.2. The van der Waals surface area contributed by atoms with E-state index >= 15 is 0 Å².